The number of pyridine rings is 1. The predicted molar refractivity (Wildman–Crippen MR) is 63.4 cm³/mol. The fraction of sp³-hybridized carbons (Fsp3) is 0.455. The zero-order valence-corrected chi connectivity index (χ0v) is 9.30. The second-order valence-corrected chi connectivity index (χ2v) is 4.36. The van der Waals surface area contributed by atoms with Crippen molar-refractivity contribution in [2.75, 3.05) is 17.2 Å². The van der Waals surface area contributed by atoms with Gasteiger partial charge in [-0.15, -0.1) is 5.10 Å². The molecule has 2 N–H and O–H groups in total. The Morgan fingerprint density at radius 3 is 3.12 bits per heavy atom. The molecule has 3 rings (SSSR count). The molecule has 0 aromatic carbocycles. The lowest BCUT2D eigenvalue weighted by Crippen LogP contribution is -2.27. The van der Waals surface area contributed by atoms with E-state index in [0.717, 1.165) is 23.8 Å². The fourth-order valence-corrected chi connectivity index (χ4v) is 2.24. The summed E-state index contributed by atoms with van der Waals surface area (Å²) >= 11 is 0. The van der Waals surface area contributed by atoms with Gasteiger partial charge in [-0.05, 0) is 25.8 Å². The van der Waals surface area contributed by atoms with Crippen LogP contribution in [-0.4, -0.2) is 27.2 Å². The molecule has 0 amide bonds. The highest BCUT2D eigenvalue weighted by Gasteiger charge is 2.23. The molecule has 5 heteroatoms. The van der Waals surface area contributed by atoms with E-state index in [9.17, 15) is 0 Å². The largest absolute Gasteiger partial charge is 0.399 e. The van der Waals surface area contributed by atoms with Gasteiger partial charge in [0.05, 0.1) is 0 Å². The van der Waals surface area contributed by atoms with Gasteiger partial charge < -0.3 is 10.6 Å². The lowest BCUT2D eigenvalue weighted by atomic mass is 10.2. The van der Waals surface area contributed by atoms with E-state index in [0.29, 0.717) is 6.04 Å². The molecule has 1 aliphatic rings. The van der Waals surface area contributed by atoms with E-state index in [2.05, 4.69) is 21.9 Å². The maximum Gasteiger partial charge on any atom is 0.245 e. The minimum Gasteiger partial charge on any atom is -0.399 e. The first kappa shape index (κ1) is 9.45. The van der Waals surface area contributed by atoms with Gasteiger partial charge in [0.2, 0.25) is 5.95 Å². The van der Waals surface area contributed by atoms with E-state index in [1.54, 1.807) is 4.52 Å². The van der Waals surface area contributed by atoms with Crippen molar-refractivity contribution in [3.05, 3.63) is 18.3 Å². The van der Waals surface area contributed by atoms with Gasteiger partial charge in [0.15, 0.2) is 5.65 Å². The van der Waals surface area contributed by atoms with Gasteiger partial charge in [-0.1, -0.05) is 0 Å². The van der Waals surface area contributed by atoms with Crippen molar-refractivity contribution in [1.82, 2.24) is 14.6 Å². The summed E-state index contributed by atoms with van der Waals surface area (Å²) in [5.41, 5.74) is 7.26. The average molecular weight is 217 g/mol. The maximum absolute atomic E-state index is 5.72. The second-order valence-electron chi connectivity index (χ2n) is 4.36. The van der Waals surface area contributed by atoms with E-state index < -0.39 is 0 Å². The third-order valence-electron chi connectivity index (χ3n) is 3.16. The summed E-state index contributed by atoms with van der Waals surface area (Å²) in [6, 6.07) is 4.21. The van der Waals surface area contributed by atoms with Crippen LogP contribution < -0.4 is 10.6 Å². The summed E-state index contributed by atoms with van der Waals surface area (Å²) in [5, 5.41) is 4.46. The predicted octanol–water partition coefficient (Wildman–Crippen LogP) is 1.30. The monoisotopic (exact) mass is 217 g/mol. The molecule has 0 radical (unpaired) electrons. The third-order valence-corrected chi connectivity index (χ3v) is 3.16. The molecule has 0 unspecified atom stereocenters. The first-order valence-electron chi connectivity index (χ1n) is 5.62. The van der Waals surface area contributed by atoms with Crippen molar-refractivity contribution < 1.29 is 0 Å². The molecule has 0 spiro atoms. The van der Waals surface area contributed by atoms with Gasteiger partial charge >= 0.3 is 0 Å². The standard InChI is InChI=1S/C11H15N5/c1-8-3-2-5-15(8)11-13-10-7-9(12)4-6-16(10)14-11/h4,6-8H,2-3,5,12H2,1H3/t8-/m0/s1. The zero-order valence-electron chi connectivity index (χ0n) is 9.30. The molecule has 3 heterocycles. The number of hydrogen-bond donors (Lipinski definition) is 1. The van der Waals surface area contributed by atoms with Crippen LogP contribution in [-0.2, 0) is 0 Å². The summed E-state index contributed by atoms with van der Waals surface area (Å²) in [5.74, 6) is 0.815. The van der Waals surface area contributed by atoms with Gasteiger partial charge in [0.1, 0.15) is 0 Å². The molecule has 5 nitrogen and oxygen atoms in total. The minimum atomic E-state index is 0.537. The Balaban J connectivity index is 2.04. The molecule has 0 bridgehead atoms. The highest BCUT2D eigenvalue weighted by Crippen LogP contribution is 2.22. The van der Waals surface area contributed by atoms with Crippen LogP contribution >= 0.6 is 0 Å². The molecule has 0 saturated carbocycles. The summed E-state index contributed by atoms with van der Waals surface area (Å²) in [6.07, 6.45) is 4.29. The first-order chi connectivity index (χ1) is 7.74. The Hall–Kier alpha value is -1.78. The molecule has 1 fully saturated rings. The number of aromatic nitrogens is 3. The number of anilines is 2. The van der Waals surface area contributed by atoms with Crippen molar-refractivity contribution in [1.29, 1.82) is 0 Å². The molecule has 1 saturated heterocycles. The lowest BCUT2D eigenvalue weighted by Gasteiger charge is -2.18. The van der Waals surface area contributed by atoms with Gasteiger partial charge in [-0.3, -0.25) is 0 Å². The normalized spacial score (nSPS) is 20.8. The number of hydrogen-bond acceptors (Lipinski definition) is 4. The quantitative estimate of drug-likeness (QED) is 0.782. The SMILES string of the molecule is C[C@H]1CCCN1c1nc2cc(N)ccn2n1. The molecular formula is C11H15N5. The average Bonchev–Trinajstić information content (AvgIpc) is 2.82. The van der Waals surface area contributed by atoms with Crippen LogP contribution in [0.25, 0.3) is 5.65 Å². The van der Waals surface area contributed by atoms with Crippen LogP contribution in [0.1, 0.15) is 19.8 Å². The van der Waals surface area contributed by atoms with Crippen molar-refractivity contribution >= 4 is 17.3 Å². The van der Waals surface area contributed by atoms with Crippen LogP contribution in [0.5, 0.6) is 0 Å². The van der Waals surface area contributed by atoms with E-state index in [1.165, 1.54) is 12.8 Å². The van der Waals surface area contributed by atoms with Crippen molar-refractivity contribution in [3.8, 4) is 0 Å². The molecule has 84 valence electrons. The van der Waals surface area contributed by atoms with Crippen molar-refractivity contribution in [2.24, 2.45) is 0 Å². The molecule has 2 aromatic rings. The Labute approximate surface area is 93.9 Å². The van der Waals surface area contributed by atoms with Crippen LogP contribution in [0.15, 0.2) is 18.3 Å². The van der Waals surface area contributed by atoms with Gasteiger partial charge in [0.25, 0.3) is 0 Å². The summed E-state index contributed by atoms with van der Waals surface area (Å²) in [6.45, 7) is 3.26. The minimum absolute atomic E-state index is 0.537. The fourth-order valence-electron chi connectivity index (χ4n) is 2.24. The van der Waals surface area contributed by atoms with Gasteiger partial charge in [0, 0.05) is 30.5 Å². The van der Waals surface area contributed by atoms with Crippen molar-refractivity contribution in [2.45, 2.75) is 25.8 Å². The van der Waals surface area contributed by atoms with Gasteiger partial charge in [-0.25, -0.2) is 4.52 Å². The molecule has 2 aromatic heterocycles. The van der Waals surface area contributed by atoms with Crippen molar-refractivity contribution in [3.63, 3.8) is 0 Å². The number of nitrogen functional groups attached to an aromatic ring is 1. The Morgan fingerprint density at radius 1 is 1.50 bits per heavy atom. The van der Waals surface area contributed by atoms with Crippen LogP contribution in [0.2, 0.25) is 0 Å². The molecule has 1 atom stereocenters. The number of fused-ring (bicyclic) bond motifs is 1. The summed E-state index contributed by atoms with van der Waals surface area (Å²) < 4.78 is 1.77. The Morgan fingerprint density at radius 2 is 2.38 bits per heavy atom. The highest BCUT2D eigenvalue weighted by atomic mass is 15.4. The van der Waals surface area contributed by atoms with E-state index in [1.807, 2.05) is 18.3 Å². The molecule has 1 aliphatic heterocycles. The highest BCUT2D eigenvalue weighted by molar-refractivity contribution is 5.53. The van der Waals surface area contributed by atoms with E-state index in [-0.39, 0.29) is 0 Å². The number of nitrogens with zero attached hydrogens (tertiary/aromatic N) is 4. The first-order valence-corrected chi connectivity index (χ1v) is 5.62. The summed E-state index contributed by atoms with van der Waals surface area (Å²) in [4.78, 5) is 6.76. The van der Waals surface area contributed by atoms with Crippen LogP contribution in [0.3, 0.4) is 0 Å². The van der Waals surface area contributed by atoms with E-state index >= 15 is 0 Å². The number of nitrogens with two attached hydrogens (primary N) is 1. The smallest absolute Gasteiger partial charge is 0.245 e. The third kappa shape index (κ3) is 1.39. The van der Waals surface area contributed by atoms with Crippen LogP contribution in [0.4, 0.5) is 11.6 Å². The second kappa shape index (κ2) is 3.37. The Kier molecular flexibility index (Phi) is 1.99. The molecule has 0 aliphatic carbocycles. The van der Waals surface area contributed by atoms with Crippen LogP contribution in [0, 0.1) is 0 Å². The lowest BCUT2D eigenvalue weighted by molar-refractivity contribution is 0.716. The summed E-state index contributed by atoms with van der Waals surface area (Å²) in [7, 11) is 0. The maximum atomic E-state index is 5.72. The Bertz CT molecular complexity index is 518. The zero-order chi connectivity index (χ0) is 11.1. The van der Waals surface area contributed by atoms with Gasteiger partial charge in [-0.2, -0.15) is 4.98 Å². The van der Waals surface area contributed by atoms with E-state index in [4.69, 9.17) is 5.73 Å². The molecular weight excluding hydrogens is 202 g/mol. The number of rotatable bonds is 1. The molecule has 16 heavy (non-hydrogen) atoms. The topological polar surface area (TPSA) is 59.5 Å².